The molecule has 10 N–H and O–H groups in total. The van der Waals surface area contributed by atoms with Crippen LogP contribution in [-0.4, -0.2) is 75.7 Å². The maximum absolute atomic E-state index is 13.5. The minimum absolute atomic E-state index is 0.0122. The molecule has 0 fully saturated rings. The predicted octanol–water partition coefficient (Wildman–Crippen LogP) is 0.329. The van der Waals surface area contributed by atoms with Crippen LogP contribution in [0.5, 0.6) is 0 Å². The maximum Gasteiger partial charge on any atom is 0.326 e. The number of hydrogen-bond acceptors (Lipinski definition) is 7. The van der Waals surface area contributed by atoms with E-state index in [1.165, 1.54) is 6.92 Å². The first-order valence-corrected chi connectivity index (χ1v) is 14.0. The predicted molar refractivity (Wildman–Crippen MR) is 158 cm³/mol. The Morgan fingerprint density at radius 3 is 2.19 bits per heavy atom. The van der Waals surface area contributed by atoms with Crippen molar-refractivity contribution in [3.8, 4) is 0 Å². The minimum atomic E-state index is -1.41. The number of aliphatic hydroxyl groups is 1. The summed E-state index contributed by atoms with van der Waals surface area (Å²) in [6.45, 7) is 1.79. The van der Waals surface area contributed by atoms with Gasteiger partial charge in [0.25, 0.3) is 0 Å². The Bertz CT molecular complexity index is 1340. The molecule has 12 heteroatoms. The number of para-hydroxylation sites is 1. The van der Waals surface area contributed by atoms with Crippen LogP contribution in [0.2, 0.25) is 0 Å². The summed E-state index contributed by atoms with van der Waals surface area (Å²) in [6.07, 6.45) is 2.10. The van der Waals surface area contributed by atoms with Gasteiger partial charge in [0.2, 0.25) is 17.7 Å². The lowest BCUT2D eigenvalue weighted by Gasteiger charge is -2.26. The van der Waals surface area contributed by atoms with Crippen molar-refractivity contribution in [1.82, 2.24) is 20.9 Å². The van der Waals surface area contributed by atoms with E-state index in [2.05, 4.69) is 20.9 Å². The minimum Gasteiger partial charge on any atom is -0.480 e. The fourth-order valence-corrected chi connectivity index (χ4v) is 4.62. The van der Waals surface area contributed by atoms with E-state index in [4.69, 9.17) is 11.5 Å². The van der Waals surface area contributed by atoms with Gasteiger partial charge in [-0.15, -0.1) is 0 Å². The number of carbonyl (C=O) groups excluding carboxylic acids is 3. The molecule has 42 heavy (non-hydrogen) atoms. The molecule has 2 aromatic carbocycles. The highest BCUT2D eigenvalue weighted by Gasteiger charge is 2.33. The number of H-pyrrole nitrogens is 1. The van der Waals surface area contributed by atoms with E-state index in [9.17, 15) is 29.4 Å². The van der Waals surface area contributed by atoms with Gasteiger partial charge in [-0.3, -0.25) is 14.4 Å². The average molecular weight is 581 g/mol. The number of rotatable bonds is 16. The fourth-order valence-electron chi connectivity index (χ4n) is 4.62. The summed E-state index contributed by atoms with van der Waals surface area (Å²) in [7, 11) is 0. The topological polar surface area (TPSA) is 213 Å². The van der Waals surface area contributed by atoms with Gasteiger partial charge in [-0.05, 0) is 43.5 Å². The zero-order valence-electron chi connectivity index (χ0n) is 23.6. The second kappa shape index (κ2) is 15.7. The third-order valence-electron chi connectivity index (χ3n) is 7.00. The second-order valence-corrected chi connectivity index (χ2v) is 10.3. The average Bonchev–Trinajstić information content (AvgIpc) is 3.38. The number of hydrogen-bond donors (Lipinski definition) is 8. The van der Waals surface area contributed by atoms with E-state index >= 15 is 0 Å². The lowest BCUT2D eigenvalue weighted by molar-refractivity contribution is -0.142. The van der Waals surface area contributed by atoms with Gasteiger partial charge >= 0.3 is 5.97 Å². The van der Waals surface area contributed by atoms with Crippen molar-refractivity contribution < 1.29 is 29.4 Å². The zero-order valence-corrected chi connectivity index (χ0v) is 23.6. The molecule has 226 valence electrons. The highest BCUT2D eigenvalue weighted by atomic mass is 16.4. The van der Waals surface area contributed by atoms with Gasteiger partial charge in [0.05, 0.1) is 12.1 Å². The molecule has 5 atom stereocenters. The van der Waals surface area contributed by atoms with Gasteiger partial charge in [-0.25, -0.2) is 4.79 Å². The molecule has 0 saturated heterocycles. The van der Waals surface area contributed by atoms with Crippen LogP contribution in [0.25, 0.3) is 10.9 Å². The third kappa shape index (κ3) is 9.13. The Hall–Kier alpha value is -4.26. The highest BCUT2D eigenvalue weighted by molar-refractivity contribution is 5.95. The molecule has 0 spiro atoms. The molecule has 0 aliphatic rings. The van der Waals surface area contributed by atoms with Gasteiger partial charge in [0.1, 0.15) is 18.1 Å². The van der Waals surface area contributed by atoms with Crippen molar-refractivity contribution in [1.29, 1.82) is 0 Å². The normalized spacial score (nSPS) is 14.8. The molecular weight excluding hydrogens is 540 g/mol. The molecule has 3 rings (SSSR count). The summed E-state index contributed by atoms with van der Waals surface area (Å²) < 4.78 is 0. The van der Waals surface area contributed by atoms with Crippen LogP contribution in [0.4, 0.5) is 0 Å². The van der Waals surface area contributed by atoms with Crippen molar-refractivity contribution >= 4 is 34.6 Å². The summed E-state index contributed by atoms with van der Waals surface area (Å²) in [5.74, 6) is -3.41. The van der Waals surface area contributed by atoms with Gasteiger partial charge in [0, 0.05) is 29.9 Å². The van der Waals surface area contributed by atoms with Gasteiger partial charge in [-0.2, -0.15) is 0 Å². The van der Waals surface area contributed by atoms with Crippen molar-refractivity contribution in [2.24, 2.45) is 11.5 Å². The molecule has 1 aromatic heterocycles. The van der Waals surface area contributed by atoms with Crippen LogP contribution < -0.4 is 27.4 Å². The Labute approximate surface area is 244 Å². The number of benzene rings is 2. The van der Waals surface area contributed by atoms with Crippen molar-refractivity contribution in [2.75, 3.05) is 6.54 Å². The SMILES string of the molecule is CC(O)C(NC(=O)C(N)CCCCN)C(=O)NC(Cc1c[nH]c2ccccc12)C(=O)NC(Cc1ccccc1)C(=O)O. The first-order chi connectivity index (χ1) is 20.1. The lowest BCUT2D eigenvalue weighted by atomic mass is 10.0. The number of aromatic nitrogens is 1. The smallest absolute Gasteiger partial charge is 0.326 e. The van der Waals surface area contributed by atoms with Crippen LogP contribution in [-0.2, 0) is 32.0 Å². The largest absolute Gasteiger partial charge is 0.480 e. The number of aliphatic hydroxyl groups excluding tert-OH is 1. The molecular formula is C30H40N6O6. The number of carbonyl (C=O) groups is 4. The monoisotopic (exact) mass is 580 g/mol. The van der Waals surface area contributed by atoms with Crippen LogP contribution in [0, 0.1) is 0 Å². The first-order valence-electron chi connectivity index (χ1n) is 14.0. The molecule has 12 nitrogen and oxygen atoms in total. The van der Waals surface area contributed by atoms with Crippen LogP contribution in [0.1, 0.15) is 37.3 Å². The highest BCUT2D eigenvalue weighted by Crippen LogP contribution is 2.19. The van der Waals surface area contributed by atoms with Crippen LogP contribution >= 0.6 is 0 Å². The summed E-state index contributed by atoms with van der Waals surface area (Å²) >= 11 is 0. The van der Waals surface area contributed by atoms with E-state index < -0.39 is 54.0 Å². The second-order valence-electron chi connectivity index (χ2n) is 10.3. The number of nitrogens with one attached hydrogen (secondary N) is 4. The van der Waals surface area contributed by atoms with Crippen molar-refractivity contribution in [3.63, 3.8) is 0 Å². The van der Waals surface area contributed by atoms with Crippen molar-refractivity contribution in [3.05, 3.63) is 71.9 Å². The summed E-state index contributed by atoms with van der Waals surface area (Å²) in [4.78, 5) is 54.7. The van der Waals surface area contributed by atoms with Crippen LogP contribution in [0.3, 0.4) is 0 Å². The molecule has 1 heterocycles. The van der Waals surface area contributed by atoms with E-state index in [0.29, 0.717) is 36.9 Å². The molecule has 0 saturated carbocycles. The van der Waals surface area contributed by atoms with Gasteiger partial charge < -0.3 is 42.6 Å². The van der Waals surface area contributed by atoms with E-state index in [0.717, 1.165) is 10.9 Å². The Balaban J connectivity index is 1.81. The number of carboxylic acids is 1. The third-order valence-corrected chi connectivity index (χ3v) is 7.00. The molecule has 0 bridgehead atoms. The molecule has 3 aromatic rings. The number of aromatic amines is 1. The van der Waals surface area contributed by atoms with Crippen molar-refractivity contribution in [2.45, 2.75) is 69.3 Å². The number of aliphatic carboxylic acids is 1. The van der Waals surface area contributed by atoms with Crippen LogP contribution in [0.15, 0.2) is 60.8 Å². The number of fused-ring (bicyclic) bond motifs is 1. The molecule has 5 unspecified atom stereocenters. The summed E-state index contributed by atoms with van der Waals surface area (Å²) in [5.41, 5.74) is 13.7. The number of nitrogens with two attached hydrogens (primary N) is 2. The first kappa shape index (κ1) is 32.3. The zero-order chi connectivity index (χ0) is 30.6. The van der Waals surface area contributed by atoms with E-state index in [1.54, 1.807) is 36.5 Å². The van der Waals surface area contributed by atoms with E-state index in [-0.39, 0.29) is 12.8 Å². The molecule has 0 aliphatic heterocycles. The lowest BCUT2D eigenvalue weighted by Crippen LogP contribution is -2.60. The van der Waals surface area contributed by atoms with E-state index in [1.807, 2.05) is 24.3 Å². The Morgan fingerprint density at radius 1 is 0.857 bits per heavy atom. The molecule has 0 aliphatic carbocycles. The Kier molecular flexibility index (Phi) is 12.0. The maximum atomic E-state index is 13.5. The van der Waals surface area contributed by atoms with Gasteiger partial charge in [0.15, 0.2) is 0 Å². The number of unbranched alkanes of at least 4 members (excludes halogenated alkanes) is 1. The standard InChI is InChI=1S/C30H40N6O6/c1-18(37)26(36-27(38)22(32)12-7-8-14-31)29(40)34-24(16-20-17-33-23-13-6-5-11-21(20)23)28(39)35-25(30(41)42)15-19-9-3-2-4-10-19/h2-6,9-11,13,17-18,22,24-26,33,37H,7-8,12,14-16,31-32H2,1H3,(H,34,40)(H,35,39)(H,36,38)(H,41,42). The Morgan fingerprint density at radius 2 is 1.52 bits per heavy atom. The summed E-state index contributed by atoms with van der Waals surface area (Å²) in [5, 5.41) is 28.6. The number of amides is 3. The fraction of sp³-hybridized carbons (Fsp3) is 0.400. The molecule has 0 radical (unpaired) electrons. The molecule has 3 amide bonds. The summed E-state index contributed by atoms with van der Waals surface area (Å²) in [6, 6.07) is 11.4. The number of carboxylic acid groups (broad SMARTS) is 1. The quantitative estimate of drug-likeness (QED) is 0.110. The van der Waals surface area contributed by atoms with Gasteiger partial charge in [-0.1, -0.05) is 55.0 Å².